The number of hydrogen-bond acceptors (Lipinski definition) is 6. The third kappa shape index (κ3) is 5.35. The molecule has 9 heteroatoms. The number of hydrogen-bond donors (Lipinski definition) is 2. The lowest BCUT2D eigenvalue weighted by atomic mass is 9.95. The molecule has 1 aliphatic heterocycles. The van der Waals surface area contributed by atoms with Crippen LogP contribution in [0.2, 0.25) is 5.02 Å². The lowest BCUT2D eigenvalue weighted by molar-refractivity contribution is -0.113. The van der Waals surface area contributed by atoms with Crippen molar-refractivity contribution in [1.29, 1.82) is 0 Å². The summed E-state index contributed by atoms with van der Waals surface area (Å²) in [5, 5.41) is 12.4. The predicted molar refractivity (Wildman–Crippen MR) is 148 cm³/mol. The summed E-state index contributed by atoms with van der Waals surface area (Å²) < 4.78 is 7.00. The van der Waals surface area contributed by atoms with E-state index in [2.05, 4.69) is 29.7 Å². The van der Waals surface area contributed by atoms with Gasteiger partial charge in [-0.15, -0.1) is 5.10 Å². The number of aromatic nitrogens is 3. The van der Waals surface area contributed by atoms with Gasteiger partial charge in [0.2, 0.25) is 11.1 Å². The Kier molecular flexibility index (Phi) is 7.21. The van der Waals surface area contributed by atoms with E-state index in [1.165, 1.54) is 11.1 Å². The van der Waals surface area contributed by atoms with Gasteiger partial charge in [-0.25, -0.2) is 4.68 Å². The molecule has 0 spiro atoms. The summed E-state index contributed by atoms with van der Waals surface area (Å²) in [5.41, 5.74) is 5.27. The third-order valence-corrected chi connectivity index (χ3v) is 7.37. The van der Waals surface area contributed by atoms with E-state index in [4.69, 9.17) is 26.4 Å². The van der Waals surface area contributed by atoms with E-state index in [1.807, 2.05) is 43.3 Å². The number of ether oxygens (including phenoxy) is 1. The van der Waals surface area contributed by atoms with Crippen molar-refractivity contribution in [3.05, 3.63) is 106 Å². The second-order valence-electron chi connectivity index (χ2n) is 8.68. The summed E-state index contributed by atoms with van der Waals surface area (Å²) in [4.78, 5) is 18.3. The van der Waals surface area contributed by atoms with Gasteiger partial charge in [-0.3, -0.25) is 4.79 Å². The second kappa shape index (κ2) is 10.7. The fourth-order valence-corrected chi connectivity index (χ4v) is 5.26. The van der Waals surface area contributed by atoms with Crippen LogP contribution >= 0.6 is 23.4 Å². The smallest absolute Gasteiger partial charge is 0.255 e. The van der Waals surface area contributed by atoms with Crippen molar-refractivity contribution < 1.29 is 9.53 Å². The summed E-state index contributed by atoms with van der Waals surface area (Å²) in [6.07, 6.45) is 0. The zero-order chi connectivity index (χ0) is 25.9. The summed E-state index contributed by atoms with van der Waals surface area (Å²) in [7, 11) is 1.61. The van der Waals surface area contributed by atoms with Crippen molar-refractivity contribution in [2.24, 2.45) is 0 Å². The van der Waals surface area contributed by atoms with Crippen LogP contribution in [-0.4, -0.2) is 27.8 Å². The number of benzene rings is 3. The SMILES string of the molecule is COc1ccc(NC(=O)C2=C(C)Nc3nc(SCc4ccccc4C)nn3[C@H]2c2ccc(Cl)cc2)cc1. The minimum absolute atomic E-state index is 0.231. The molecular formula is C28H26ClN5O2S. The van der Waals surface area contributed by atoms with Crippen LogP contribution in [0.15, 0.2) is 89.2 Å². The Morgan fingerprint density at radius 3 is 2.51 bits per heavy atom. The second-order valence-corrected chi connectivity index (χ2v) is 10.1. The van der Waals surface area contributed by atoms with Crippen molar-refractivity contribution in [2.75, 3.05) is 17.7 Å². The lowest BCUT2D eigenvalue weighted by Crippen LogP contribution is -2.31. The molecule has 1 atom stereocenters. The van der Waals surface area contributed by atoms with E-state index >= 15 is 0 Å². The maximum absolute atomic E-state index is 13.6. The minimum atomic E-state index is -0.480. The molecule has 0 fully saturated rings. The van der Waals surface area contributed by atoms with Crippen LogP contribution in [0.1, 0.15) is 29.7 Å². The zero-order valence-corrected chi connectivity index (χ0v) is 22.2. The van der Waals surface area contributed by atoms with E-state index in [9.17, 15) is 4.79 Å². The molecule has 2 heterocycles. The summed E-state index contributed by atoms with van der Waals surface area (Å²) in [5.74, 6) is 1.82. The molecule has 1 aromatic heterocycles. The Morgan fingerprint density at radius 2 is 1.81 bits per heavy atom. The Morgan fingerprint density at radius 1 is 1.08 bits per heavy atom. The van der Waals surface area contributed by atoms with Crippen LogP contribution in [0.3, 0.4) is 0 Å². The molecule has 2 N–H and O–H groups in total. The van der Waals surface area contributed by atoms with Gasteiger partial charge in [-0.05, 0) is 66.9 Å². The van der Waals surface area contributed by atoms with Crippen molar-refractivity contribution in [2.45, 2.75) is 30.8 Å². The molecule has 0 bridgehead atoms. The number of thioether (sulfide) groups is 1. The number of carbonyl (C=O) groups is 1. The van der Waals surface area contributed by atoms with Gasteiger partial charge < -0.3 is 15.4 Å². The number of halogens is 1. The largest absolute Gasteiger partial charge is 0.497 e. The Balaban J connectivity index is 1.47. The first-order valence-electron chi connectivity index (χ1n) is 11.8. The Labute approximate surface area is 224 Å². The minimum Gasteiger partial charge on any atom is -0.497 e. The number of fused-ring (bicyclic) bond motifs is 1. The maximum Gasteiger partial charge on any atom is 0.255 e. The van der Waals surface area contributed by atoms with Gasteiger partial charge in [-0.1, -0.05) is 59.8 Å². The van der Waals surface area contributed by atoms with Gasteiger partial charge >= 0.3 is 0 Å². The van der Waals surface area contributed by atoms with Gasteiger partial charge in [0.25, 0.3) is 5.91 Å². The molecule has 0 unspecified atom stereocenters. The average molecular weight is 532 g/mol. The fourth-order valence-electron chi connectivity index (χ4n) is 4.23. The molecule has 0 saturated heterocycles. The summed E-state index contributed by atoms with van der Waals surface area (Å²) in [6.45, 7) is 3.98. The monoisotopic (exact) mass is 531 g/mol. The van der Waals surface area contributed by atoms with Crippen LogP contribution in [-0.2, 0) is 10.5 Å². The molecule has 188 valence electrons. The average Bonchev–Trinajstić information content (AvgIpc) is 3.30. The number of carbonyl (C=O) groups excluding carboxylic acids is 1. The van der Waals surface area contributed by atoms with E-state index in [0.29, 0.717) is 33.1 Å². The third-order valence-electron chi connectivity index (χ3n) is 6.23. The number of aryl methyl sites for hydroxylation is 1. The highest BCUT2D eigenvalue weighted by Crippen LogP contribution is 2.37. The first kappa shape index (κ1) is 24.9. The van der Waals surface area contributed by atoms with Crippen molar-refractivity contribution >= 4 is 40.9 Å². The lowest BCUT2D eigenvalue weighted by Gasteiger charge is -2.28. The molecule has 1 aliphatic rings. The van der Waals surface area contributed by atoms with Crippen LogP contribution in [0.5, 0.6) is 5.75 Å². The summed E-state index contributed by atoms with van der Waals surface area (Å²) in [6, 6.07) is 22.5. The molecule has 37 heavy (non-hydrogen) atoms. The normalized spacial score (nSPS) is 14.6. The van der Waals surface area contributed by atoms with E-state index < -0.39 is 6.04 Å². The molecule has 4 aromatic rings. The highest BCUT2D eigenvalue weighted by molar-refractivity contribution is 7.98. The Bertz CT molecular complexity index is 1460. The highest BCUT2D eigenvalue weighted by Gasteiger charge is 2.34. The number of nitrogens with one attached hydrogen (secondary N) is 2. The molecule has 5 rings (SSSR count). The molecule has 0 saturated carbocycles. The predicted octanol–water partition coefficient (Wildman–Crippen LogP) is 6.47. The number of rotatable bonds is 7. The van der Waals surface area contributed by atoms with Crippen molar-refractivity contribution in [3.63, 3.8) is 0 Å². The highest BCUT2D eigenvalue weighted by atomic mass is 35.5. The van der Waals surface area contributed by atoms with Gasteiger partial charge in [0.15, 0.2) is 0 Å². The van der Waals surface area contributed by atoms with Crippen LogP contribution < -0.4 is 15.4 Å². The summed E-state index contributed by atoms with van der Waals surface area (Å²) >= 11 is 7.74. The number of methoxy groups -OCH3 is 1. The first-order valence-corrected chi connectivity index (χ1v) is 13.1. The Hall–Kier alpha value is -3.75. The van der Waals surface area contributed by atoms with E-state index in [-0.39, 0.29) is 5.91 Å². The van der Waals surface area contributed by atoms with Gasteiger partial charge in [0.05, 0.1) is 12.7 Å². The zero-order valence-electron chi connectivity index (χ0n) is 20.7. The van der Waals surface area contributed by atoms with Gasteiger partial charge in [0.1, 0.15) is 11.8 Å². The van der Waals surface area contributed by atoms with Crippen molar-refractivity contribution in [1.82, 2.24) is 14.8 Å². The van der Waals surface area contributed by atoms with Crippen molar-refractivity contribution in [3.8, 4) is 5.75 Å². The quantitative estimate of drug-likeness (QED) is 0.266. The standard InChI is InChI=1S/C28H26ClN5O2S/c1-17-6-4-5-7-20(17)16-37-28-32-27-30-18(2)24(26(35)31-22-12-14-23(36-3)15-13-22)25(34(27)33-28)19-8-10-21(29)11-9-19/h4-15,25H,16H2,1-3H3,(H,31,35)(H,30,32,33)/t25-/m0/s1. The number of allylic oxidation sites excluding steroid dienone is 1. The topological polar surface area (TPSA) is 81.1 Å². The fraction of sp³-hybridized carbons (Fsp3) is 0.179. The molecule has 1 amide bonds. The molecule has 0 radical (unpaired) electrons. The molecule has 3 aromatic carbocycles. The van der Waals surface area contributed by atoms with Crippen LogP contribution in [0, 0.1) is 6.92 Å². The van der Waals surface area contributed by atoms with Gasteiger partial charge in [0, 0.05) is 22.2 Å². The van der Waals surface area contributed by atoms with E-state index in [0.717, 1.165) is 17.1 Å². The number of anilines is 2. The maximum atomic E-state index is 13.6. The molecular weight excluding hydrogens is 506 g/mol. The molecule has 7 nitrogen and oxygen atoms in total. The first-order chi connectivity index (χ1) is 17.9. The van der Waals surface area contributed by atoms with Crippen LogP contribution in [0.25, 0.3) is 0 Å². The van der Waals surface area contributed by atoms with Gasteiger partial charge in [-0.2, -0.15) is 4.98 Å². The van der Waals surface area contributed by atoms with E-state index in [1.54, 1.807) is 47.8 Å². The van der Waals surface area contributed by atoms with Crippen LogP contribution in [0.4, 0.5) is 11.6 Å². The number of amides is 1. The molecule has 0 aliphatic carbocycles. The number of nitrogens with zero attached hydrogens (tertiary/aromatic N) is 3.